The molecule has 0 saturated carbocycles. The average Bonchev–Trinajstić information content (AvgIpc) is 2.57. The van der Waals surface area contributed by atoms with Gasteiger partial charge in [-0.25, -0.2) is 9.97 Å². The second-order valence-corrected chi connectivity index (χ2v) is 5.70. The van der Waals surface area contributed by atoms with Gasteiger partial charge in [0.25, 0.3) is 0 Å². The Morgan fingerprint density at radius 1 is 1.24 bits per heavy atom. The van der Waals surface area contributed by atoms with Crippen molar-refractivity contribution in [3.05, 3.63) is 18.6 Å². The van der Waals surface area contributed by atoms with E-state index in [0.717, 1.165) is 44.8 Å². The minimum Gasteiger partial charge on any atom is -0.378 e. The molecule has 0 aromatic carbocycles. The Morgan fingerprint density at radius 3 is 2.67 bits per heavy atom. The first kappa shape index (κ1) is 14.3. The molecule has 3 heterocycles. The quantitative estimate of drug-likeness (QED) is 0.829. The molecule has 1 aromatic rings. The molecule has 2 aliphatic rings. The van der Waals surface area contributed by atoms with Gasteiger partial charge in [-0.15, -0.1) is 0 Å². The van der Waals surface area contributed by atoms with Crippen molar-refractivity contribution in [1.82, 2.24) is 14.9 Å². The fraction of sp³-hybridized carbons (Fsp3) is 0.667. The van der Waals surface area contributed by atoms with Gasteiger partial charge in [0.2, 0.25) is 5.91 Å². The zero-order chi connectivity index (χ0) is 14.5. The molecule has 0 N–H and O–H groups in total. The lowest BCUT2D eigenvalue weighted by Crippen LogP contribution is -2.42. The highest BCUT2D eigenvalue weighted by Gasteiger charge is 2.25. The fourth-order valence-corrected chi connectivity index (χ4v) is 3.03. The van der Waals surface area contributed by atoms with Crippen LogP contribution in [0.15, 0.2) is 18.6 Å². The molecule has 0 bridgehead atoms. The molecular formula is C15H22N4O2. The van der Waals surface area contributed by atoms with Crippen molar-refractivity contribution in [1.29, 1.82) is 0 Å². The number of nitrogens with zero attached hydrogens (tertiary/aromatic N) is 4. The number of carbonyl (C=O) groups is 1. The molecule has 114 valence electrons. The number of ether oxygens (including phenoxy) is 1. The number of rotatable bonds is 3. The molecule has 1 aromatic heterocycles. The van der Waals surface area contributed by atoms with Crippen molar-refractivity contribution in [3.63, 3.8) is 0 Å². The van der Waals surface area contributed by atoms with E-state index in [9.17, 15) is 4.79 Å². The van der Waals surface area contributed by atoms with Crippen LogP contribution < -0.4 is 4.90 Å². The zero-order valence-corrected chi connectivity index (χ0v) is 12.3. The highest BCUT2D eigenvalue weighted by Crippen LogP contribution is 2.24. The van der Waals surface area contributed by atoms with Crippen LogP contribution in [0.5, 0.6) is 0 Å². The Kier molecular flexibility index (Phi) is 4.65. The van der Waals surface area contributed by atoms with E-state index in [4.69, 9.17) is 4.74 Å². The van der Waals surface area contributed by atoms with Crippen molar-refractivity contribution in [2.45, 2.75) is 19.3 Å². The van der Waals surface area contributed by atoms with Gasteiger partial charge in [-0.2, -0.15) is 0 Å². The first-order chi connectivity index (χ1) is 10.3. The number of piperidine rings is 1. The van der Waals surface area contributed by atoms with Gasteiger partial charge >= 0.3 is 0 Å². The van der Waals surface area contributed by atoms with Gasteiger partial charge in [-0.1, -0.05) is 0 Å². The van der Waals surface area contributed by atoms with Gasteiger partial charge in [0, 0.05) is 38.8 Å². The lowest BCUT2D eigenvalue weighted by molar-refractivity contribution is -0.136. The number of amides is 1. The van der Waals surface area contributed by atoms with Crippen molar-refractivity contribution in [2.24, 2.45) is 5.92 Å². The summed E-state index contributed by atoms with van der Waals surface area (Å²) in [6, 6.07) is 1.94. The summed E-state index contributed by atoms with van der Waals surface area (Å²) in [5, 5.41) is 0. The van der Waals surface area contributed by atoms with E-state index in [-0.39, 0.29) is 0 Å². The summed E-state index contributed by atoms with van der Waals surface area (Å²) < 4.78 is 5.29. The third kappa shape index (κ3) is 3.69. The molecule has 3 rings (SSSR count). The number of aromatic nitrogens is 2. The van der Waals surface area contributed by atoms with Crippen LogP contribution in [0.3, 0.4) is 0 Å². The van der Waals surface area contributed by atoms with Gasteiger partial charge in [0.15, 0.2) is 0 Å². The van der Waals surface area contributed by atoms with Crippen LogP contribution in [0.4, 0.5) is 5.82 Å². The summed E-state index contributed by atoms with van der Waals surface area (Å²) in [5.74, 6) is 1.78. The van der Waals surface area contributed by atoms with Crippen molar-refractivity contribution in [3.8, 4) is 0 Å². The molecule has 2 saturated heterocycles. The molecule has 2 fully saturated rings. The second kappa shape index (κ2) is 6.85. The van der Waals surface area contributed by atoms with E-state index in [1.165, 1.54) is 0 Å². The van der Waals surface area contributed by atoms with Crippen LogP contribution in [0, 0.1) is 5.92 Å². The SMILES string of the molecule is O=C(CC1CCN(c2ccncn2)CC1)N1CCOCC1. The maximum Gasteiger partial charge on any atom is 0.223 e. The number of morpholine rings is 1. The molecule has 2 aliphatic heterocycles. The summed E-state index contributed by atoms with van der Waals surface area (Å²) in [6.07, 6.45) is 6.15. The third-order valence-corrected chi connectivity index (χ3v) is 4.33. The standard InChI is InChI=1S/C15H22N4O2/c20-15(19-7-9-21-10-8-19)11-13-2-5-18(6-3-13)14-1-4-16-12-17-14/h1,4,12-13H,2-3,5-11H2. The summed E-state index contributed by atoms with van der Waals surface area (Å²) >= 11 is 0. The van der Waals surface area contributed by atoms with E-state index >= 15 is 0 Å². The Labute approximate surface area is 125 Å². The molecule has 6 heteroatoms. The summed E-state index contributed by atoms with van der Waals surface area (Å²) in [6.45, 7) is 4.79. The molecular weight excluding hydrogens is 268 g/mol. The number of hydrogen-bond acceptors (Lipinski definition) is 5. The summed E-state index contributed by atoms with van der Waals surface area (Å²) in [4.78, 5) is 24.7. The third-order valence-electron chi connectivity index (χ3n) is 4.33. The smallest absolute Gasteiger partial charge is 0.223 e. The second-order valence-electron chi connectivity index (χ2n) is 5.70. The predicted molar refractivity (Wildman–Crippen MR) is 79.0 cm³/mol. The Bertz CT molecular complexity index is 454. The molecule has 0 radical (unpaired) electrons. The molecule has 21 heavy (non-hydrogen) atoms. The van der Waals surface area contributed by atoms with Crippen LogP contribution in [-0.2, 0) is 9.53 Å². The van der Waals surface area contributed by atoms with Gasteiger partial charge in [0.05, 0.1) is 13.2 Å². The van der Waals surface area contributed by atoms with Gasteiger partial charge in [-0.3, -0.25) is 4.79 Å². The van der Waals surface area contributed by atoms with E-state index in [2.05, 4.69) is 14.9 Å². The lowest BCUT2D eigenvalue weighted by atomic mass is 9.93. The maximum atomic E-state index is 12.3. The lowest BCUT2D eigenvalue weighted by Gasteiger charge is -2.34. The topological polar surface area (TPSA) is 58.6 Å². The van der Waals surface area contributed by atoms with Crippen molar-refractivity contribution < 1.29 is 9.53 Å². The Hall–Kier alpha value is -1.69. The highest BCUT2D eigenvalue weighted by molar-refractivity contribution is 5.76. The van der Waals surface area contributed by atoms with Crippen LogP contribution in [0.2, 0.25) is 0 Å². The minimum absolute atomic E-state index is 0.291. The largest absolute Gasteiger partial charge is 0.378 e. The monoisotopic (exact) mass is 290 g/mol. The van der Waals surface area contributed by atoms with E-state index < -0.39 is 0 Å². The normalized spacial score (nSPS) is 20.6. The Morgan fingerprint density at radius 2 is 2.00 bits per heavy atom. The molecule has 0 aliphatic carbocycles. The molecule has 0 spiro atoms. The van der Waals surface area contributed by atoms with E-state index in [0.29, 0.717) is 31.5 Å². The Balaban J connectivity index is 1.46. The fourth-order valence-electron chi connectivity index (χ4n) is 3.03. The average molecular weight is 290 g/mol. The van der Waals surface area contributed by atoms with Crippen LogP contribution >= 0.6 is 0 Å². The van der Waals surface area contributed by atoms with Crippen LogP contribution in [-0.4, -0.2) is 60.2 Å². The van der Waals surface area contributed by atoms with Gasteiger partial charge in [0.1, 0.15) is 12.1 Å². The van der Waals surface area contributed by atoms with Crippen molar-refractivity contribution >= 4 is 11.7 Å². The van der Waals surface area contributed by atoms with E-state index in [1.807, 2.05) is 11.0 Å². The number of carbonyl (C=O) groups excluding carboxylic acids is 1. The maximum absolute atomic E-state index is 12.3. The minimum atomic E-state index is 0.291. The van der Waals surface area contributed by atoms with Gasteiger partial charge < -0.3 is 14.5 Å². The first-order valence-corrected chi connectivity index (χ1v) is 7.69. The van der Waals surface area contributed by atoms with Crippen LogP contribution in [0.1, 0.15) is 19.3 Å². The van der Waals surface area contributed by atoms with Crippen LogP contribution in [0.25, 0.3) is 0 Å². The summed E-state index contributed by atoms with van der Waals surface area (Å²) in [7, 11) is 0. The van der Waals surface area contributed by atoms with Gasteiger partial charge in [-0.05, 0) is 24.8 Å². The number of hydrogen-bond donors (Lipinski definition) is 0. The first-order valence-electron chi connectivity index (χ1n) is 7.69. The number of anilines is 1. The summed E-state index contributed by atoms with van der Waals surface area (Å²) in [5.41, 5.74) is 0. The van der Waals surface area contributed by atoms with Crippen molar-refractivity contribution in [2.75, 3.05) is 44.3 Å². The molecule has 0 atom stereocenters. The molecule has 1 amide bonds. The predicted octanol–water partition coefficient (Wildman–Crippen LogP) is 0.942. The van der Waals surface area contributed by atoms with E-state index in [1.54, 1.807) is 12.5 Å². The molecule has 0 unspecified atom stereocenters. The highest BCUT2D eigenvalue weighted by atomic mass is 16.5. The zero-order valence-electron chi connectivity index (χ0n) is 12.3. The molecule has 6 nitrogen and oxygen atoms in total.